The van der Waals surface area contributed by atoms with Crippen LogP contribution in [0, 0.1) is 10.1 Å². The van der Waals surface area contributed by atoms with Gasteiger partial charge in [0.25, 0.3) is 15.7 Å². The van der Waals surface area contributed by atoms with Crippen molar-refractivity contribution in [3.05, 3.63) is 98.5 Å². The minimum Gasteiger partial charge on any atom is -0.352 e. The van der Waals surface area contributed by atoms with E-state index in [9.17, 15) is 28.1 Å². The maximum atomic E-state index is 14.1. The van der Waals surface area contributed by atoms with Crippen molar-refractivity contribution in [1.29, 1.82) is 0 Å². The predicted octanol–water partition coefficient (Wildman–Crippen LogP) is 5.43. The molecule has 0 bridgehead atoms. The quantitative estimate of drug-likeness (QED) is 0.212. The molecule has 0 saturated carbocycles. The summed E-state index contributed by atoms with van der Waals surface area (Å²) in [6.45, 7) is 4.33. The second kappa shape index (κ2) is 13.8. The Balaban J connectivity index is 2.14. The Morgan fingerprint density at radius 1 is 0.976 bits per heavy atom. The van der Waals surface area contributed by atoms with Gasteiger partial charge >= 0.3 is 0 Å². The molecule has 0 fully saturated rings. The van der Waals surface area contributed by atoms with Crippen molar-refractivity contribution in [3.8, 4) is 0 Å². The van der Waals surface area contributed by atoms with Crippen molar-refractivity contribution >= 4 is 56.4 Å². The molecular weight excluding hydrogens is 591 g/mol. The van der Waals surface area contributed by atoms with Gasteiger partial charge in [-0.15, -0.1) is 0 Å². The number of rotatable bonds is 12. The number of amides is 2. The van der Waals surface area contributed by atoms with Crippen LogP contribution in [0.2, 0.25) is 10.0 Å². The molecule has 10 nitrogen and oxygen atoms in total. The molecule has 0 aliphatic rings. The van der Waals surface area contributed by atoms with E-state index >= 15 is 0 Å². The van der Waals surface area contributed by atoms with Crippen molar-refractivity contribution in [3.63, 3.8) is 0 Å². The summed E-state index contributed by atoms with van der Waals surface area (Å²) >= 11 is 12.8. The molecule has 1 N–H and O–H groups in total. The van der Waals surface area contributed by atoms with Crippen LogP contribution in [0.5, 0.6) is 0 Å². The average molecular weight is 622 g/mol. The van der Waals surface area contributed by atoms with E-state index in [1.807, 2.05) is 0 Å². The summed E-state index contributed by atoms with van der Waals surface area (Å²) in [6.07, 6.45) is 0.203. The number of sulfonamides is 1. The second-order valence-corrected chi connectivity index (χ2v) is 12.1. The highest BCUT2D eigenvalue weighted by Crippen LogP contribution is 2.30. The number of carbonyl (C=O) groups is 2. The molecule has 3 aromatic rings. The Bertz CT molecular complexity index is 1500. The van der Waals surface area contributed by atoms with Crippen molar-refractivity contribution < 1.29 is 22.9 Å². The van der Waals surface area contributed by atoms with Gasteiger partial charge < -0.3 is 10.2 Å². The maximum absolute atomic E-state index is 14.1. The lowest BCUT2D eigenvalue weighted by molar-refractivity contribution is -0.384. The number of halogens is 2. The number of nitrogens with zero attached hydrogens (tertiary/aromatic N) is 3. The third-order valence-electron chi connectivity index (χ3n) is 6.15. The zero-order valence-corrected chi connectivity index (χ0v) is 25.0. The van der Waals surface area contributed by atoms with Gasteiger partial charge in [0, 0.05) is 40.3 Å². The Kier molecular flexibility index (Phi) is 10.7. The third kappa shape index (κ3) is 7.75. The maximum Gasteiger partial charge on any atom is 0.271 e. The van der Waals surface area contributed by atoms with Gasteiger partial charge in [-0.3, -0.25) is 24.0 Å². The molecule has 0 radical (unpaired) electrons. The lowest BCUT2D eigenvalue weighted by Crippen LogP contribution is -2.53. The number of hydrogen-bond acceptors (Lipinski definition) is 6. The predicted molar refractivity (Wildman–Crippen MR) is 158 cm³/mol. The first-order valence-electron chi connectivity index (χ1n) is 12.7. The van der Waals surface area contributed by atoms with E-state index in [1.54, 1.807) is 45.0 Å². The average Bonchev–Trinajstić information content (AvgIpc) is 2.93. The Hall–Kier alpha value is -3.67. The standard InChI is InChI=1S/C28H30Cl2N4O6S/c1-4-26(28(36)31-19(2)3)32(17-23-24(29)14-9-15-25(23)30)27(35)18-33(20-10-8-11-21(16-20)34(37)38)41(39,40)22-12-6-5-7-13-22/h5-16,19,26H,4,17-18H2,1-3H3,(H,31,36)/t26-/m1/s1. The molecule has 3 aromatic carbocycles. The number of nitro groups is 1. The van der Waals surface area contributed by atoms with Crippen LogP contribution in [0.25, 0.3) is 0 Å². The van der Waals surface area contributed by atoms with Gasteiger partial charge in [0.1, 0.15) is 12.6 Å². The normalized spacial score (nSPS) is 12.0. The number of hydrogen-bond donors (Lipinski definition) is 1. The molecule has 0 unspecified atom stereocenters. The Labute approximate surface area is 249 Å². The van der Waals surface area contributed by atoms with Crippen molar-refractivity contribution in [1.82, 2.24) is 10.2 Å². The molecular formula is C28H30Cl2N4O6S. The fourth-order valence-corrected chi connectivity index (χ4v) is 6.11. The van der Waals surface area contributed by atoms with E-state index in [2.05, 4.69) is 5.32 Å². The Morgan fingerprint density at radius 2 is 1.59 bits per heavy atom. The highest BCUT2D eigenvalue weighted by molar-refractivity contribution is 7.92. The number of nitrogens with one attached hydrogen (secondary N) is 1. The minimum absolute atomic E-state index is 0.0909. The smallest absolute Gasteiger partial charge is 0.271 e. The fraction of sp³-hybridized carbons (Fsp3) is 0.286. The topological polar surface area (TPSA) is 130 Å². The molecule has 1 atom stereocenters. The highest BCUT2D eigenvalue weighted by atomic mass is 35.5. The number of nitro benzene ring substituents is 1. The van der Waals surface area contributed by atoms with Crippen molar-refractivity contribution in [2.45, 2.75) is 50.7 Å². The van der Waals surface area contributed by atoms with Gasteiger partial charge in [-0.25, -0.2) is 8.42 Å². The summed E-state index contributed by atoms with van der Waals surface area (Å²) in [6, 6.07) is 16.0. The molecule has 0 spiro atoms. The molecule has 218 valence electrons. The molecule has 0 aromatic heterocycles. The van der Waals surface area contributed by atoms with Crippen LogP contribution < -0.4 is 9.62 Å². The van der Waals surface area contributed by atoms with Crippen LogP contribution in [-0.4, -0.2) is 48.7 Å². The van der Waals surface area contributed by atoms with Crippen LogP contribution in [0.3, 0.4) is 0 Å². The summed E-state index contributed by atoms with van der Waals surface area (Å²) in [7, 11) is -4.38. The zero-order valence-electron chi connectivity index (χ0n) is 22.7. The SMILES string of the molecule is CC[C@H](C(=O)NC(C)C)N(Cc1c(Cl)cccc1Cl)C(=O)CN(c1cccc([N+](=O)[O-])c1)S(=O)(=O)c1ccccc1. The lowest BCUT2D eigenvalue weighted by atomic mass is 10.1. The number of benzene rings is 3. The van der Waals surface area contributed by atoms with Gasteiger partial charge in [0.05, 0.1) is 15.5 Å². The molecule has 0 saturated heterocycles. The van der Waals surface area contributed by atoms with Crippen molar-refractivity contribution in [2.24, 2.45) is 0 Å². The molecule has 0 aliphatic heterocycles. The summed E-state index contributed by atoms with van der Waals surface area (Å²) in [5.74, 6) is -1.18. The van der Waals surface area contributed by atoms with Gasteiger partial charge in [0.2, 0.25) is 11.8 Å². The Morgan fingerprint density at radius 3 is 2.15 bits per heavy atom. The molecule has 41 heavy (non-hydrogen) atoms. The zero-order chi connectivity index (χ0) is 30.3. The van der Waals surface area contributed by atoms with E-state index in [-0.39, 0.29) is 45.3 Å². The van der Waals surface area contributed by atoms with E-state index < -0.39 is 39.3 Å². The van der Waals surface area contributed by atoms with E-state index in [0.717, 1.165) is 10.4 Å². The number of non-ortho nitro benzene ring substituents is 1. The monoisotopic (exact) mass is 620 g/mol. The van der Waals surface area contributed by atoms with Gasteiger partial charge in [-0.1, -0.05) is 60.5 Å². The van der Waals surface area contributed by atoms with E-state index in [1.165, 1.54) is 47.4 Å². The van der Waals surface area contributed by atoms with Crippen LogP contribution >= 0.6 is 23.2 Å². The minimum atomic E-state index is -4.38. The molecule has 0 aliphatic carbocycles. The molecule has 13 heteroatoms. The van der Waals surface area contributed by atoms with Crippen LogP contribution in [-0.2, 0) is 26.2 Å². The summed E-state index contributed by atoms with van der Waals surface area (Å²) in [4.78, 5) is 39.2. The van der Waals surface area contributed by atoms with E-state index in [0.29, 0.717) is 5.56 Å². The van der Waals surface area contributed by atoms with E-state index in [4.69, 9.17) is 23.2 Å². The van der Waals surface area contributed by atoms with Crippen LogP contribution in [0.4, 0.5) is 11.4 Å². The van der Waals surface area contributed by atoms with Crippen molar-refractivity contribution in [2.75, 3.05) is 10.8 Å². The lowest BCUT2D eigenvalue weighted by Gasteiger charge is -2.34. The summed E-state index contributed by atoms with van der Waals surface area (Å²) in [5.41, 5.74) is -0.0646. The van der Waals surface area contributed by atoms with Gasteiger partial charge in [-0.2, -0.15) is 0 Å². The highest BCUT2D eigenvalue weighted by Gasteiger charge is 2.34. The largest absolute Gasteiger partial charge is 0.352 e. The van der Waals surface area contributed by atoms with Gasteiger partial charge in [-0.05, 0) is 50.6 Å². The van der Waals surface area contributed by atoms with Gasteiger partial charge in [0.15, 0.2) is 0 Å². The first kappa shape index (κ1) is 31.9. The first-order chi connectivity index (χ1) is 19.4. The summed E-state index contributed by atoms with van der Waals surface area (Å²) < 4.78 is 28.4. The van der Waals surface area contributed by atoms with Crippen LogP contribution in [0.15, 0.2) is 77.7 Å². The first-order valence-corrected chi connectivity index (χ1v) is 14.9. The van der Waals surface area contributed by atoms with Crippen LogP contribution in [0.1, 0.15) is 32.8 Å². The summed E-state index contributed by atoms with van der Waals surface area (Å²) in [5, 5.41) is 14.8. The molecule has 2 amide bonds. The second-order valence-electron chi connectivity index (χ2n) is 9.41. The third-order valence-corrected chi connectivity index (χ3v) is 8.64. The fourth-order valence-electron chi connectivity index (χ4n) is 4.16. The number of carbonyl (C=O) groups excluding carboxylic acids is 2. The molecule has 0 heterocycles. The number of anilines is 1. The molecule has 3 rings (SSSR count).